The molecule has 0 fully saturated rings. The second-order valence-corrected chi connectivity index (χ2v) is 5.11. The first-order valence-electron chi connectivity index (χ1n) is 6.95. The van der Waals surface area contributed by atoms with Crippen molar-refractivity contribution in [3.8, 4) is 5.75 Å². The van der Waals surface area contributed by atoms with Crippen molar-refractivity contribution in [1.82, 2.24) is 0 Å². The van der Waals surface area contributed by atoms with Crippen LogP contribution in [0.2, 0.25) is 0 Å². The van der Waals surface area contributed by atoms with E-state index in [0.717, 1.165) is 5.56 Å². The molecule has 114 valence electrons. The van der Waals surface area contributed by atoms with Gasteiger partial charge in [0.2, 0.25) is 0 Å². The van der Waals surface area contributed by atoms with Crippen LogP contribution in [0.1, 0.15) is 35.7 Å². The summed E-state index contributed by atoms with van der Waals surface area (Å²) in [6.45, 7) is 3.98. The van der Waals surface area contributed by atoms with Gasteiger partial charge in [-0.2, -0.15) is 5.11 Å². The maximum atomic E-state index is 11.7. The number of hydrogen-bond acceptors (Lipinski definition) is 5. The van der Waals surface area contributed by atoms with Crippen LogP contribution < -0.4 is 0 Å². The number of ether oxygens (including phenoxy) is 1. The number of hydrogen-bond donors (Lipinski definition) is 1. The van der Waals surface area contributed by atoms with Gasteiger partial charge in [-0.15, -0.1) is 5.11 Å². The number of esters is 1. The fourth-order valence-corrected chi connectivity index (χ4v) is 2.02. The lowest BCUT2D eigenvalue weighted by atomic mass is 10.0. The Balaban J connectivity index is 2.34. The molecule has 1 N–H and O–H groups in total. The van der Waals surface area contributed by atoms with Crippen molar-refractivity contribution in [2.75, 3.05) is 7.11 Å². The Morgan fingerprint density at radius 1 is 1.14 bits per heavy atom. The first-order chi connectivity index (χ1) is 10.5. The van der Waals surface area contributed by atoms with Crippen molar-refractivity contribution in [1.29, 1.82) is 0 Å². The highest BCUT2D eigenvalue weighted by atomic mass is 16.5. The molecule has 5 heteroatoms. The minimum absolute atomic E-state index is 0.178. The number of azo groups is 1. The van der Waals surface area contributed by atoms with Gasteiger partial charge in [-0.05, 0) is 41.8 Å². The van der Waals surface area contributed by atoms with Crippen molar-refractivity contribution in [3.05, 3.63) is 53.6 Å². The fraction of sp³-hybridized carbons (Fsp3) is 0.235. The zero-order valence-corrected chi connectivity index (χ0v) is 12.8. The van der Waals surface area contributed by atoms with Gasteiger partial charge < -0.3 is 9.84 Å². The third-order valence-electron chi connectivity index (χ3n) is 3.22. The average molecular weight is 298 g/mol. The van der Waals surface area contributed by atoms with Gasteiger partial charge in [0.25, 0.3) is 0 Å². The summed E-state index contributed by atoms with van der Waals surface area (Å²) in [5.74, 6) is -0.0375. The monoisotopic (exact) mass is 298 g/mol. The van der Waals surface area contributed by atoms with Crippen molar-refractivity contribution >= 4 is 17.3 Å². The highest BCUT2D eigenvalue weighted by Gasteiger charge is 2.11. The number of rotatable bonds is 4. The van der Waals surface area contributed by atoms with Crippen molar-refractivity contribution in [2.45, 2.75) is 19.8 Å². The molecule has 0 unspecified atom stereocenters. The molecule has 0 spiro atoms. The molecule has 0 saturated carbocycles. The second kappa shape index (κ2) is 6.85. The molecule has 2 aromatic carbocycles. The Morgan fingerprint density at radius 2 is 1.86 bits per heavy atom. The SMILES string of the molecule is COC(=O)c1ccccc1N=Nc1ccc(O)c(C(C)C)c1. The molecule has 0 aliphatic heterocycles. The summed E-state index contributed by atoms with van der Waals surface area (Å²) < 4.78 is 4.72. The van der Waals surface area contributed by atoms with E-state index in [1.165, 1.54) is 7.11 Å². The van der Waals surface area contributed by atoms with Gasteiger partial charge in [0.15, 0.2) is 0 Å². The van der Waals surface area contributed by atoms with Crippen molar-refractivity contribution in [2.24, 2.45) is 10.2 Å². The molecular weight excluding hydrogens is 280 g/mol. The molecular formula is C17H18N2O3. The quantitative estimate of drug-likeness (QED) is 0.656. The van der Waals surface area contributed by atoms with Gasteiger partial charge in [-0.25, -0.2) is 4.79 Å². The van der Waals surface area contributed by atoms with E-state index in [-0.39, 0.29) is 11.7 Å². The summed E-state index contributed by atoms with van der Waals surface area (Å²) in [7, 11) is 1.32. The summed E-state index contributed by atoms with van der Waals surface area (Å²) in [6, 6.07) is 11.9. The molecule has 0 aromatic heterocycles. The molecule has 2 rings (SSSR count). The van der Waals surface area contributed by atoms with Crippen LogP contribution in [0.5, 0.6) is 5.75 Å². The van der Waals surface area contributed by atoms with Gasteiger partial charge in [0.1, 0.15) is 11.4 Å². The molecule has 0 aliphatic carbocycles. The zero-order valence-electron chi connectivity index (χ0n) is 12.8. The van der Waals surface area contributed by atoms with Crippen LogP contribution in [0.4, 0.5) is 11.4 Å². The number of carbonyl (C=O) groups excluding carboxylic acids is 1. The van der Waals surface area contributed by atoms with E-state index in [0.29, 0.717) is 16.9 Å². The maximum absolute atomic E-state index is 11.7. The smallest absolute Gasteiger partial charge is 0.340 e. The normalized spacial score (nSPS) is 11.1. The van der Waals surface area contributed by atoms with Crippen LogP contribution >= 0.6 is 0 Å². The Labute approximate surface area is 129 Å². The summed E-state index contributed by atoms with van der Waals surface area (Å²) >= 11 is 0. The number of nitrogens with zero attached hydrogens (tertiary/aromatic N) is 2. The lowest BCUT2D eigenvalue weighted by Crippen LogP contribution is -2.00. The summed E-state index contributed by atoms with van der Waals surface area (Å²) in [4.78, 5) is 11.7. The average Bonchev–Trinajstić information content (AvgIpc) is 2.53. The topological polar surface area (TPSA) is 71.2 Å². The molecule has 5 nitrogen and oxygen atoms in total. The van der Waals surface area contributed by atoms with Crippen molar-refractivity contribution < 1.29 is 14.6 Å². The largest absolute Gasteiger partial charge is 0.508 e. The first-order valence-corrected chi connectivity index (χ1v) is 6.95. The van der Waals surface area contributed by atoms with E-state index in [9.17, 15) is 9.90 Å². The Morgan fingerprint density at radius 3 is 2.55 bits per heavy atom. The van der Waals surface area contributed by atoms with E-state index in [1.807, 2.05) is 13.8 Å². The number of benzene rings is 2. The van der Waals surface area contributed by atoms with Crippen LogP contribution in [-0.2, 0) is 4.74 Å². The third-order valence-corrected chi connectivity index (χ3v) is 3.22. The minimum Gasteiger partial charge on any atom is -0.508 e. The number of aromatic hydroxyl groups is 1. The molecule has 0 radical (unpaired) electrons. The zero-order chi connectivity index (χ0) is 16.1. The molecule has 0 atom stereocenters. The van der Waals surface area contributed by atoms with E-state index in [1.54, 1.807) is 42.5 Å². The third kappa shape index (κ3) is 3.49. The first kappa shape index (κ1) is 15.7. The molecule has 2 aromatic rings. The summed E-state index contributed by atoms with van der Waals surface area (Å²) in [5.41, 5.74) is 2.21. The highest BCUT2D eigenvalue weighted by molar-refractivity contribution is 5.94. The molecule has 0 saturated heterocycles. The van der Waals surface area contributed by atoms with Crippen LogP contribution in [-0.4, -0.2) is 18.2 Å². The maximum Gasteiger partial charge on any atom is 0.340 e. The lowest BCUT2D eigenvalue weighted by molar-refractivity contribution is 0.0601. The van der Waals surface area contributed by atoms with Crippen LogP contribution in [0.25, 0.3) is 0 Å². The standard InChI is InChI=1S/C17H18N2O3/c1-11(2)14-10-12(8-9-16(14)20)18-19-15-7-5-4-6-13(15)17(21)22-3/h4-11,20H,1-3H3. The summed E-state index contributed by atoms with van der Waals surface area (Å²) in [6.07, 6.45) is 0. The number of phenols is 1. The second-order valence-electron chi connectivity index (χ2n) is 5.11. The number of carbonyl (C=O) groups is 1. The molecule has 22 heavy (non-hydrogen) atoms. The van der Waals surface area contributed by atoms with Crippen LogP contribution in [0.3, 0.4) is 0 Å². The predicted molar refractivity (Wildman–Crippen MR) is 84.2 cm³/mol. The molecule has 0 aliphatic rings. The van der Waals surface area contributed by atoms with Gasteiger partial charge in [-0.1, -0.05) is 26.0 Å². The van der Waals surface area contributed by atoms with Crippen LogP contribution in [0.15, 0.2) is 52.7 Å². The Hall–Kier alpha value is -2.69. The highest BCUT2D eigenvalue weighted by Crippen LogP contribution is 2.30. The van der Waals surface area contributed by atoms with Gasteiger partial charge in [0.05, 0.1) is 18.4 Å². The van der Waals surface area contributed by atoms with Crippen molar-refractivity contribution in [3.63, 3.8) is 0 Å². The summed E-state index contributed by atoms with van der Waals surface area (Å²) in [5, 5.41) is 18.1. The predicted octanol–water partition coefficient (Wildman–Crippen LogP) is 4.72. The lowest BCUT2D eigenvalue weighted by Gasteiger charge is -2.08. The Bertz CT molecular complexity index is 709. The molecule has 0 heterocycles. The van der Waals surface area contributed by atoms with Crippen LogP contribution in [0, 0.1) is 0 Å². The molecule has 0 amide bonds. The number of phenolic OH excluding ortho intramolecular Hbond substituents is 1. The fourth-order valence-electron chi connectivity index (χ4n) is 2.02. The molecule has 0 bridgehead atoms. The Kier molecular flexibility index (Phi) is 4.88. The van der Waals surface area contributed by atoms with E-state index < -0.39 is 5.97 Å². The van der Waals surface area contributed by atoms with Gasteiger partial charge in [0, 0.05) is 0 Å². The van der Waals surface area contributed by atoms with E-state index in [2.05, 4.69) is 10.2 Å². The number of methoxy groups -OCH3 is 1. The van der Waals surface area contributed by atoms with E-state index in [4.69, 9.17) is 4.74 Å². The van der Waals surface area contributed by atoms with Gasteiger partial charge in [-0.3, -0.25) is 0 Å². The van der Waals surface area contributed by atoms with Gasteiger partial charge >= 0.3 is 5.97 Å². The minimum atomic E-state index is -0.455. The van der Waals surface area contributed by atoms with E-state index >= 15 is 0 Å².